The quantitative estimate of drug-likeness (QED) is 0.255. The van der Waals surface area contributed by atoms with Crippen LogP contribution in [-0.4, -0.2) is 34.8 Å². The molecular weight excluding hydrogens is 418 g/mol. The van der Waals surface area contributed by atoms with Crippen molar-refractivity contribution in [2.75, 3.05) is 12.9 Å². The van der Waals surface area contributed by atoms with Gasteiger partial charge in [-0.1, -0.05) is 44.0 Å². The second-order valence-electron chi connectivity index (χ2n) is 8.81. The molecule has 0 radical (unpaired) electrons. The van der Waals surface area contributed by atoms with Crippen LogP contribution in [0.25, 0.3) is 0 Å². The van der Waals surface area contributed by atoms with Crippen LogP contribution in [0.3, 0.4) is 0 Å². The Morgan fingerprint density at radius 2 is 1.80 bits per heavy atom. The summed E-state index contributed by atoms with van der Waals surface area (Å²) in [6.07, 6.45) is 2.95. The van der Waals surface area contributed by atoms with Crippen molar-refractivity contribution in [2.45, 2.75) is 58.4 Å². The van der Waals surface area contributed by atoms with E-state index in [1.807, 2.05) is 12.1 Å². The molecule has 0 spiro atoms. The largest absolute Gasteiger partial charge is 0.417 e. The van der Waals surface area contributed by atoms with Crippen molar-refractivity contribution in [3.8, 4) is 11.8 Å². The molecule has 1 aromatic heterocycles. The number of aromatic nitrogens is 1. The summed E-state index contributed by atoms with van der Waals surface area (Å²) in [6, 6.07) is 9.65. The fraction of sp³-hybridized carbons (Fsp3) is 0.500. The Kier molecular flexibility index (Phi) is 8.05. The van der Waals surface area contributed by atoms with Crippen molar-refractivity contribution in [1.82, 2.24) is 5.16 Å². The highest BCUT2D eigenvalue weighted by Crippen LogP contribution is 2.36. The Balaban J connectivity index is 1.84. The molecule has 0 bridgehead atoms. The predicted octanol–water partition coefficient (Wildman–Crippen LogP) is 4.51. The molecule has 0 aliphatic rings. The van der Waals surface area contributed by atoms with E-state index in [9.17, 15) is 8.42 Å². The fourth-order valence-corrected chi connectivity index (χ4v) is 3.74. The number of nitrogens with zero attached hydrogens (tertiary/aromatic N) is 1. The standard InChI is InChI=1S/C22H31NO5SSi/c1-22(2,3)30(5,6)27-15-7-8-18-9-11-19(12-10-18)13-14-21-16-20(23-28-21)17-26-29(4,24)25/h9-12,16H,7-8,15,17H2,1-6H3. The van der Waals surface area contributed by atoms with Gasteiger partial charge in [0.05, 0.1) is 6.26 Å². The van der Waals surface area contributed by atoms with Gasteiger partial charge in [0.1, 0.15) is 12.3 Å². The summed E-state index contributed by atoms with van der Waals surface area (Å²) in [5.41, 5.74) is 2.49. The normalized spacial score (nSPS) is 12.5. The maximum atomic E-state index is 11.0. The average molecular weight is 450 g/mol. The lowest BCUT2D eigenvalue weighted by Crippen LogP contribution is -2.41. The minimum atomic E-state index is -3.52. The molecule has 2 rings (SSSR count). The van der Waals surface area contributed by atoms with Gasteiger partial charge in [0.2, 0.25) is 5.76 Å². The van der Waals surface area contributed by atoms with E-state index in [1.165, 1.54) is 5.56 Å². The van der Waals surface area contributed by atoms with Gasteiger partial charge in [-0.15, -0.1) is 0 Å². The Hall–Kier alpha value is -1.92. The van der Waals surface area contributed by atoms with E-state index < -0.39 is 18.4 Å². The van der Waals surface area contributed by atoms with Gasteiger partial charge < -0.3 is 8.95 Å². The first-order chi connectivity index (χ1) is 13.9. The second kappa shape index (κ2) is 9.92. The molecule has 0 amide bonds. The highest BCUT2D eigenvalue weighted by atomic mass is 32.2. The third kappa shape index (κ3) is 8.07. The predicted molar refractivity (Wildman–Crippen MR) is 120 cm³/mol. The summed E-state index contributed by atoms with van der Waals surface area (Å²) < 4.78 is 38.0. The molecule has 164 valence electrons. The average Bonchev–Trinajstić information content (AvgIpc) is 3.09. The number of rotatable bonds is 8. The van der Waals surface area contributed by atoms with Crippen molar-refractivity contribution in [1.29, 1.82) is 0 Å². The minimum absolute atomic E-state index is 0.169. The van der Waals surface area contributed by atoms with Gasteiger partial charge in [0.15, 0.2) is 8.32 Å². The van der Waals surface area contributed by atoms with Crippen LogP contribution in [0.1, 0.15) is 49.8 Å². The zero-order valence-electron chi connectivity index (χ0n) is 18.6. The van der Waals surface area contributed by atoms with E-state index in [0.717, 1.165) is 31.3 Å². The Morgan fingerprint density at radius 3 is 2.40 bits per heavy atom. The first-order valence-corrected chi connectivity index (χ1v) is 14.6. The van der Waals surface area contributed by atoms with E-state index in [0.29, 0.717) is 11.5 Å². The second-order valence-corrected chi connectivity index (χ2v) is 15.3. The van der Waals surface area contributed by atoms with Gasteiger partial charge in [-0.25, -0.2) is 0 Å². The SMILES string of the molecule is CC(C)(C)[Si](C)(C)OCCCc1ccc(C#Cc2cc(COS(C)(=O)=O)no2)cc1. The summed E-state index contributed by atoms with van der Waals surface area (Å²) in [5.74, 6) is 6.25. The van der Waals surface area contributed by atoms with Crippen LogP contribution in [0.4, 0.5) is 0 Å². The first-order valence-electron chi connectivity index (χ1n) is 9.91. The molecule has 0 N–H and O–H groups in total. The molecule has 1 aromatic carbocycles. The fourth-order valence-electron chi connectivity index (χ4n) is 2.31. The maximum absolute atomic E-state index is 11.0. The van der Waals surface area contributed by atoms with Gasteiger partial charge in [-0.2, -0.15) is 8.42 Å². The molecule has 0 aliphatic heterocycles. The molecular formula is C22H31NO5SSi. The van der Waals surface area contributed by atoms with Crippen LogP contribution in [0.2, 0.25) is 18.1 Å². The molecule has 6 nitrogen and oxygen atoms in total. The lowest BCUT2D eigenvalue weighted by molar-refractivity contribution is 0.282. The van der Waals surface area contributed by atoms with Crippen molar-refractivity contribution >= 4 is 18.4 Å². The van der Waals surface area contributed by atoms with E-state index in [4.69, 9.17) is 8.95 Å². The van der Waals surface area contributed by atoms with Gasteiger partial charge in [-0.3, -0.25) is 4.18 Å². The van der Waals surface area contributed by atoms with Crippen molar-refractivity contribution < 1.29 is 21.5 Å². The topological polar surface area (TPSA) is 78.6 Å². The molecule has 0 saturated heterocycles. The first kappa shape index (κ1) is 24.3. The van der Waals surface area contributed by atoms with Crippen LogP contribution in [0.5, 0.6) is 0 Å². The number of benzene rings is 1. The van der Waals surface area contributed by atoms with Crippen LogP contribution in [-0.2, 0) is 31.8 Å². The van der Waals surface area contributed by atoms with E-state index in [1.54, 1.807) is 6.07 Å². The third-order valence-corrected chi connectivity index (χ3v) is 10.2. The molecule has 1 heterocycles. The van der Waals surface area contributed by atoms with Crippen LogP contribution in [0.15, 0.2) is 34.9 Å². The van der Waals surface area contributed by atoms with Gasteiger partial charge in [0, 0.05) is 18.2 Å². The van der Waals surface area contributed by atoms with Crippen molar-refractivity contribution in [2.24, 2.45) is 0 Å². The van der Waals surface area contributed by atoms with Crippen molar-refractivity contribution in [3.05, 3.63) is 52.9 Å². The molecule has 30 heavy (non-hydrogen) atoms. The monoisotopic (exact) mass is 449 g/mol. The molecule has 8 heteroatoms. The van der Waals surface area contributed by atoms with Crippen LogP contribution < -0.4 is 0 Å². The lowest BCUT2D eigenvalue weighted by atomic mass is 10.1. The summed E-state index contributed by atoms with van der Waals surface area (Å²) in [7, 11) is -5.20. The highest BCUT2D eigenvalue weighted by Gasteiger charge is 2.36. The zero-order valence-corrected chi connectivity index (χ0v) is 20.4. The molecule has 0 unspecified atom stereocenters. The van der Waals surface area contributed by atoms with Crippen LogP contribution in [0, 0.1) is 11.8 Å². The molecule has 0 aliphatic carbocycles. The zero-order chi connectivity index (χ0) is 22.4. The van der Waals surface area contributed by atoms with Gasteiger partial charge in [-0.05, 0) is 54.6 Å². The van der Waals surface area contributed by atoms with Gasteiger partial charge in [0.25, 0.3) is 10.1 Å². The Bertz CT molecular complexity index is 993. The summed E-state index contributed by atoms with van der Waals surface area (Å²) in [6.45, 7) is 11.9. The molecule has 0 atom stereocenters. The van der Waals surface area contributed by atoms with E-state index in [-0.39, 0.29) is 11.6 Å². The number of aryl methyl sites for hydroxylation is 1. The smallest absolute Gasteiger partial charge is 0.264 e. The Labute approximate surface area is 181 Å². The summed E-state index contributed by atoms with van der Waals surface area (Å²) in [4.78, 5) is 0. The number of hydrogen-bond acceptors (Lipinski definition) is 6. The summed E-state index contributed by atoms with van der Waals surface area (Å²) in [5, 5.41) is 3.98. The lowest BCUT2D eigenvalue weighted by Gasteiger charge is -2.36. The van der Waals surface area contributed by atoms with E-state index in [2.05, 4.69) is 67.2 Å². The Morgan fingerprint density at radius 1 is 1.13 bits per heavy atom. The van der Waals surface area contributed by atoms with Crippen molar-refractivity contribution in [3.63, 3.8) is 0 Å². The number of hydrogen-bond donors (Lipinski definition) is 0. The third-order valence-electron chi connectivity index (χ3n) is 5.14. The van der Waals surface area contributed by atoms with Gasteiger partial charge >= 0.3 is 0 Å². The summed E-state index contributed by atoms with van der Waals surface area (Å²) >= 11 is 0. The maximum Gasteiger partial charge on any atom is 0.264 e. The molecule has 2 aromatic rings. The minimum Gasteiger partial charge on any atom is -0.417 e. The highest BCUT2D eigenvalue weighted by molar-refractivity contribution is 7.85. The molecule has 0 fully saturated rings. The van der Waals surface area contributed by atoms with Crippen LogP contribution >= 0.6 is 0 Å². The van der Waals surface area contributed by atoms with E-state index >= 15 is 0 Å². The molecule has 0 saturated carbocycles.